The average molecular weight is 331 g/mol. The van der Waals surface area contributed by atoms with Gasteiger partial charge in [-0.25, -0.2) is 0 Å². The molecule has 0 radical (unpaired) electrons. The van der Waals surface area contributed by atoms with Gasteiger partial charge in [0.25, 0.3) is 0 Å². The minimum Gasteiger partial charge on any atom is -0.463 e. The maximum atomic E-state index is 11.4. The van der Waals surface area contributed by atoms with E-state index in [1.807, 2.05) is 0 Å². The normalized spacial score (nSPS) is 36.0. The molecule has 2 rings (SSSR count). The molecule has 0 aromatic heterocycles. The van der Waals surface area contributed by atoms with Crippen molar-refractivity contribution in [2.45, 2.75) is 64.6 Å². The van der Waals surface area contributed by atoms with Crippen molar-refractivity contribution in [1.29, 1.82) is 0 Å². The summed E-state index contributed by atoms with van der Waals surface area (Å²) >= 11 is 0. The molecule has 6 unspecified atom stereocenters. The van der Waals surface area contributed by atoms with Crippen molar-refractivity contribution < 1.29 is 38.1 Å². The Morgan fingerprint density at radius 3 is 2.13 bits per heavy atom. The van der Waals surface area contributed by atoms with Crippen LogP contribution < -0.4 is 5.32 Å². The molecule has 6 atom stereocenters. The zero-order valence-electron chi connectivity index (χ0n) is 13.4. The van der Waals surface area contributed by atoms with Crippen molar-refractivity contribution in [2.75, 3.05) is 6.61 Å². The van der Waals surface area contributed by atoms with Gasteiger partial charge in [-0.3, -0.25) is 19.7 Å². The Morgan fingerprint density at radius 1 is 0.957 bits per heavy atom. The average Bonchev–Trinajstić information content (AvgIpc) is 2.78. The first kappa shape index (κ1) is 17.6. The van der Waals surface area contributed by atoms with Crippen LogP contribution in [0.5, 0.6) is 0 Å². The topological polar surface area (TPSA) is 109 Å². The summed E-state index contributed by atoms with van der Waals surface area (Å²) in [6.07, 6.45) is -3.57. The fraction of sp³-hybridized carbons (Fsp3) is 0.786. The first-order chi connectivity index (χ1) is 10.8. The summed E-state index contributed by atoms with van der Waals surface area (Å²) in [7, 11) is 0. The van der Waals surface area contributed by atoms with Crippen LogP contribution in [0.3, 0.4) is 0 Å². The van der Waals surface area contributed by atoms with Crippen LogP contribution in [0.2, 0.25) is 0 Å². The number of carbonyl (C=O) groups is 3. The van der Waals surface area contributed by atoms with Gasteiger partial charge in [0, 0.05) is 20.8 Å². The maximum absolute atomic E-state index is 11.4. The van der Waals surface area contributed by atoms with Crippen LogP contribution in [-0.4, -0.2) is 61.4 Å². The Labute approximate surface area is 133 Å². The van der Waals surface area contributed by atoms with Crippen molar-refractivity contribution in [1.82, 2.24) is 5.32 Å². The van der Waals surface area contributed by atoms with Crippen molar-refractivity contribution >= 4 is 17.9 Å². The second kappa shape index (κ2) is 7.24. The van der Waals surface area contributed by atoms with E-state index in [1.165, 1.54) is 20.8 Å². The first-order valence-electron chi connectivity index (χ1n) is 7.32. The Hall–Kier alpha value is -1.71. The molecule has 1 N–H and O–H groups in total. The summed E-state index contributed by atoms with van der Waals surface area (Å²) in [5.74, 6) is -1.59. The molecule has 23 heavy (non-hydrogen) atoms. The molecule has 0 saturated carbocycles. The fourth-order valence-electron chi connectivity index (χ4n) is 2.71. The van der Waals surface area contributed by atoms with Gasteiger partial charge in [-0.05, 0) is 6.92 Å². The van der Waals surface area contributed by atoms with Crippen LogP contribution in [0.15, 0.2) is 0 Å². The molecule has 2 aliphatic rings. The number of fused-ring (bicyclic) bond motifs is 1. The number of esters is 3. The molecule has 130 valence electrons. The molecule has 9 nitrogen and oxygen atoms in total. The number of hydrogen-bond acceptors (Lipinski definition) is 9. The summed E-state index contributed by atoms with van der Waals surface area (Å²) in [6.45, 7) is 5.38. The maximum Gasteiger partial charge on any atom is 0.303 e. The summed E-state index contributed by atoms with van der Waals surface area (Å²) in [6, 6.07) is -0.494. The van der Waals surface area contributed by atoms with Crippen molar-refractivity contribution in [3.05, 3.63) is 0 Å². The molecule has 0 bridgehead atoms. The molecule has 2 saturated heterocycles. The third-order valence-electron chi connectivity index (χ3n) is 3.47. The summed E-state index contributed by atoms with van der Waals surface area (Å²) < 4.78 is 26.8. The lowest BCUT2D eigenvalue weighted by atomic mass is 9.97. The van der Waals surface area contributed by atoms with Crippen LogP contribution in [0, 0.1) is 0 Å². The molecular weight excluding hydrogens is 310 g/mol. The predicted molar refractivity (Wildman–Crippen MR) is 73.9 cm³/mol. The molecule has 2 fully saturated rings. The number of carbonyl (C=O) groups excluding carboxylic acids is 3. The molecule has 0 aromatic rings. The monoisotopic (exact) mass is 331 g/mol. The third-order valence-corrected chi connectivity index (χ3v) is 3.47. The van der Waals surface area contributed by atoms with E-state index in [0.717, 1.165) is 0 Å². The van der Waals surface area contributed by atoms with Crippen molar-refractivity contribution in [2.24, 2.45) is 0 Å². The van der Waals surface area contributed by atoms with Gasteiger partial charge in [0.15, 0.2) is 18.5 Å². The number of ether oxygens (including phenoxy) is 5. The number of nitrogens with one attached hydrogen (secondary N) is 1. The van der Waals surface area contributed by atoms with Crippen LogP contribution in [0.25, 0.3) is 0 Å². The van der Waals surface area contributed by atoms with E-state index in [9.17, 15) is 14.4 Å². The highest BCUT2D eigenvalue weighted by Crippen LogP contribution is 2.31. The standard InChI is InChI=1S/C14H21NO8/c1-6-15-11-13(22-9(4)18)12(21-8(3)17)10(5-19-7(2)16)23-14(11)20-6/h6,10-15H,5H2,1-4H3. The van der Waals surface area contributed by atoms with Gasteiger partial charge in [0.1, 0.15) is 25.0 Å². The molecular formula is C14H21NO8. The summed E-state index contributed by atoms with van der Waals surface area (Å²) in [5.41, 5.74) is 0. The van der Waals surface area contributed by atoms with Gasteiger partial charge in [-0.1, -0.05) is 0 Å². The van der Waals surface area contributed by atoms with Gasteiger partial charge in [0.2, 0.25) is 0 Å². The zero-order valence-corrected chi connectivity index (χ0v) is 13.4. The molecule has 0 aliphatic carbocycles. The van der Waals surface area contributed by atoms with Gasteiger partial charge in [0.05, 0.1) is 0 Å². The quantitative estimate of drug-likeness (QED) is 0.537. The first-order valence-corrected chi connectivity index (χ1v) is 7.32. The highest BCUT2D eigenvalue weighted by molar-refractivity contribution is 5.68. The van der Waals surface area contributed by atoms with Gasteiger partial charge < -0.3 is 23.7 Å². The predicted octanol–water partition coefficient (Wildman–Crippen LogP) is -0.528. The van der Waals surface area contributed by atoms with Crippen LogP contribution in [0.1, 0.15) is 27.7 Å². The molecule has 0 aromatic carbocycles. The van der Waals surface area contributed by atoms with Crippen LogP contribution in [0.4, 0.5) is 0 Å². The molecule has 9 heteroatoms. The smallest absolute Gasteiger partial charge is 0.303 e. The minimum absolute atomic E-state index is 0.147. The molecule has 2 heterocycles. The van der Waals surface area contributed by atoms with Gasteiger partial charge >= 0.3 is 17.9 Å². The van der Waals surface area contributed by atoms with Crippen LogP contribution >= 0.6 is 0 Å². The molecule has 2 aliphatic heterocycles. The Kier molecular flexibility index (Phi) is 5.55. The SMILES string of the molecule is CC(=O)OCC1OC2OC(C)NC2C(OC(C)=O)C1OC(C)=O. The fourth-order valence-corrected chi connectivity index (χ4v) is 2.71. The van der Waals surface area contributed by atoms with E-state index in [-0.39, 0.29) is 12.8 Å². The highest BCUT2D eigenvalue weighted by atomic mass is 16.7. The third kappa shape index (κ3) is 4.40. The molecule has 0 spiro atoms. The van der Waals surface area contributed by atoms with Crippen molar-refractivity contribution in [3.8, 4) is 0 Å². The van der Waals surface area contributed by atoms with E-state index >= 15 is 0 Å². The zero-order chi connectivity index (χ0) is 17.1. The van der Waals surface area contributed by atoms with E-state index in [4.69, 9.17) is 23.7 Å². The second-order valence-corrected chi connectivity index (χ2v) is 5.46. The Balaban J connectivity index is 2.23. The van der Waals surface area contributed by atoms with Gasteiger partial charge in [-0.2, -0.15) is 0 Å². The van der Waals surface area contributed by atoms with E-state index < -0.39 is 48.6 Å². The molecule has 0 amide bonds. The van der Waals surface area contributed by atoms with Gasteiger partial charge in [-0.15, -0.1) is 0 Å². The Bertz CT molecular complexity index is 481. The largest absolute Gasteiger partial charge is 0.463 e. The van der Waals surface area contributed by atoms with Crippen LogP contribution in [-0.2, 0) is 38.1 Å². The Morgan fingerprint density at radius 2 is 1.57 bits per heavy atom. The lowest BCUT2D eigenvalue weighted by Crippen LogP contribution is -2.62. The second-order valence-electron chi connectivity index (χ2n) is 5.46. The van der Waals surface area contributed by atoms with E-state index in [0.29, 0.717) is 0 Å². The minimum atomic E-state index is -0.918. The summed E-state index contributed by atoms with van der Waals surface area (Å²) in [5, 5.41) is 3.08. The lowest BCUT2D eigenvalue weighted by molar-refractivity contribution is -0.258. The number of hydrogen-bond donors (Lipinski definition) is 1. The van der Waals surface area contributed by atoms with E-state index in [1.54, 1.807) is 6.92 Å². The lowest BCUT2D eigenvalue weighted by Gasteiger charge is -2.41. The van der Waals surface area contributed by atoms with Crippen molar-refractivity contribution in [3.63, 3.8) is 0 Å². The number of rotatable bonds is 4. The highest BCUT2D eigenvalue weighted by Gasteiger charge is 2.53. The van der Waals surface area contributed by atoms with E-state index in [2.05, 4.69) is 5.32 Å². The summed E-state index contributed by atoms with van der Waals surface area (Å²) in [4.78, 5) is 33.9.